The second-order valence-corrected chi connectivity index (χ2v) is 6.70. The summed E-state index contributed by atoms with van der Waals surface area (Å²) < 4.78 is 5.29. The van der Waals surface area contributed by atoms with Crippen molar-refractivity contribution >= 4 is 23.7 Å². The number of urea groups is 1. The van der Waals surface area contributed by atoms with Gasteiger partial charge in [0.1, 0.15) is 5.78 Å². The summed E-state index contributed by atoms with van der Waals surface area (Å²) in [5.74, 6) is -1.01. The van der Waals surface area contributed by atoms with Crippen molar-refractivity contribution in [3.63, 3.8) is 0 Å². The second-order valence-electron chi connectivity index (χ2n) is 6.70. The van der Waals surface area contributed by atoms with Crippen molar-refractivity contribution in [3.8, 4) is 0 Å². The largest absolute Gasteiger partial charge is 0.452 e. The summed E-state index contributed by atoms with van der Waals surface area (Å²) in [6, 6.07) is -0.448. The van der Waals surface area contributed by atoms with Gasteiger partial charge in [0, 0.05) is 24.9 Å². The number of carbonyl (C=O) groups is 4. The van der Waals surface area contributed by atoms with Gasteiger partial charge < -0.3 is 10.1 Å². The lowest BCUT2D eigenvalue weighted by atomic mass is 9.67. The predicted octanol–water partition coefficient (Wildman–Crippen LogP) is 0.865. The number of hydrogen-bond acceptors (Lipinski definition) is 5. The molecule has 0 spiro atoms. The molecule has 1 aliphatic heterocycles. The van der Waals surface area contributed by atoms with Crippen molar-refractivity contribution in [2.45, 2.75) is 45.1 Å². The van der Waals surface area contributed by atoms with Gasteiger partial charge in [0.15, 0.2) is 6.10 Å². The van der Waals surface area contributed by atoms with Crippen molar-refractivity contribution in [2.75, 3.05) is 13.1 Å². The van der Waals surface area contributed by atoms with Crippen LogP contribution in [-0.2, 0) is 19.1 Å². The van der Waals surface area contributed by atoms with E-state index in [0.717, 1.165) is 24.2 Å². The summed E-state index contributed by atoms with van der Waals surface area (Å²) in [5, 5.41) is 2.54. The first-order chi connectivity index (χ1) is 11.0. The molecule has 0 radical (unpaired) electrons. The van der Waals surface area contributed by atoms with Crippen molar-refractivity contribution in [1.29, 1.82) is 0 Å². The van der Waals surface area contributed by atoms with Gasteiger partial charge in [-0.05, 0) is 32.6 Å². The van der Waals surface area contributed by atoms with Crippen LogP contribution in [0.3, 0.4) is 0 Å². The molecule has 1 heterocycles. The molecule has 3 fully saturated rings. The fourth-order valence-corrected chi connectivity index (χ4v) is 3.89. The highest BCUT2D eigenvalue weighted by molar-refractivity contribution is 5.98. The van der Waals surface area contributed by atoms with Crippen LogP contribution in [0.4, 0.5) is 4.79 Å². The lowest BCUT2D eigenvalue weighted by Gasteiger charge is -2.36. The lowest BCUT2D eigenvalue weighted by Crippen LogP contribution is -2.44. The summed E-state index contributed by atoms with van der Waals surface area (Å²) in [5.41, 5.74) is 0. The average molecular weight is 322 g/mol. The van der Waals surface area contributed by atoms with E-state index in [0.29, 0.717) is 25.9 Å². The molecular weight excluding hydrogens is 300 g/mol. The van der Waals surface area contributed by atoms with Gasteiger partial charge in [-0.15, -0.1) is 0 Å². The topological polar surface area (TPSA) is 92.8 Å². The zero-order valence-corrected chi connectivity index (χ0v) is 13.2. The Hall–Kier alpha value is -1.92. The molecule has 3 rings (SSSR count). The van der Waals surface area contributed by atoms with Gasteiger partial charge in [-0.25, -0.2) is 4.79 Å². The first-order valence-electron chi connectivity index (χ1n) is 8.30. The molecule has 126 valence electrons. The third-order valence-electron chi connectivity index (χ3n) is 5.14. The monoisotopic (exact) mass is 322 g/mol. The van der Waals surface area contributed by atoms with Crippen molar-refractivity contribution in [3.05, 3.63) is 0 Å². The number of imide groups is 1. The van der Waals surface area contributed by atoms with Crippen molar-refractivity contribution in [1.82, 2.24) is 10.2 Å². The molecular formula is C16H22N2O5. The van der Waals surface area contributed by atoms with Crippen LogP contribution in [0.5, 0.6) is 0 Å². The molecule has 1 N–H and O–H groups in total. The molecule has 23 heavy (non-hydrogen) atoms. The Morgan fingerprint density at radius 3 is 2.43 bits per heavy atom. The molecule has 3 amide bonds. The zero-order valence-electron chi connectivity index (χ0n) is 13.2. The van der Waals surface area contributed by atoms with Crippen LogP contribution in [0, 0.1) is 17.8 Å². The highest BCUT2D eigenvalue weighted by Gasteiger charge is 2.42. The minimum Gasteiger partial charge on any atom is -0.452 e. The van der Waals surface area contributed by atoms with Crippen LogP contribution in [0.15, 0.2) is 0 Å². The van der Waals surface area contributed by atoms with E-state index in [1.165, 1.54) is 6.92 Å². The van der Waals surface area contributed by atoms with Crippen LogP contribution in [0.25, 0.3) is 0 Å². The van der Waals surface area contributed by atoms with Gasteiger partial charge >= 0.3 is 12.0 Å². The Balaban J connectivity index is 1.57. The van der Waals surface area contributed by atoms with Gasteiger partial charge in [0.2, 0.25) is 0 Å². The van der Waals surface area contributed by atoms with E-state index in [4.69, 9.17) is 4.74 Å². The van der Waals surface area contributed by atoms with Crippen LogP contribution >= 0.6 is 0 Å². The molecule has 7 heteroatoms. The number of nitrogens with one attached hydrogen (secondary N) is 1. The van der Waals surface area contributed by atoms with E-state index in [2.05, 4.69) is 5.32 Å². The van der Waals surface area contributed by atoms with Gasteiger partial charge in [0.25, 0.3) is 5.91 Å². The van der Waals surface area contributed by atoms with E-state index in [9.17, 15) is 19.2 Å². The second kappa shape index (κ2) is 6.29. The summed E-state index contributed by atoms with van der Waals surface area (Å²) in [6.07, 6.45) is 2.81. The van der Waals surface area contributed by atoms with Gasteiger partial charge in [-0.2, -0.15) is 0 Å². The minimum absolute atomic E-state index is 0.0320. The van der Waals surface area contributed by atoms with Gasteiger partial charge in [-0.3, -0.25) is 19.3 Å². The fourth-order valence-electron chi connectivity index (χ4n) is 3.89. The molecule has 2 saturated carbocycles. The van der Waals surface area contributed by atoms with E-state index >= 15 is 0 Å². The molecule has 0 aromatic heterocycles. The van der Waals surface area contributed by atoms with Crippen LogP contribution in [0.1, 0.15) is 39.0 Å². The van der Waals surface area contributed by atoms with Crippen LogP contribution in [0.2, 0.25) is 0 Å². The Morgan fingerprint density at radius 2 is 1.87 bits per heavy atom. The summed E-state index contributed by atoms with van der Waals surface area (Å²) in [4.78, 5) is 49.1. The first kappa shape index (κ1) is 16.0. The van der Waals surface area contributed by atoms with Crippen LogP contribution in [-0.4, -0.2) is 47.8 Å². The van der Waals surface area contributed by atoms with Crippen molar-refractivity contribution < 1.29 is 23.9 Å². The zero-order chi connectivity index (χ0) is 16.6. The number of rotatable bonds is 3. The number of ether oxygens (including phenoxy) is 1. The third kappa shape index (κ3) is 3.09. The van der Waals surface area contributed by atoms with E-state index < -0.39 is 24.0 Å². The highest BCUT2D eigenvalue weighted by Crippen LogP contribution is 2.40. The standard InChI is InChI=1S/C16H22N2O5/c1-9(14(20)18-6-5-17-16(18)22)23-15(21)12-7-10-3-2-4-11(8-12)13(10)19/h9-12H,2-8H2,1H3,(H,17,22)/t9-,10-,11+,12?/m1/s1. The molecule has 1 unspecified atom stereocenters. The Kier molecular flexibility index (Phi) is 4.37. The van der Waals surface area contributed by atoms with E-state index in [-0.39, 0.29) is 23.5 Å². The molecule has 0 aromatic carbocycles. The number of esters is 1. The summed E-state index contributed by atoms with van der Waals surface area (Å²) in [6.45, 7) is 2.20. The molecule has 3 aliphatic rings. The maximum Gasteiger partial charge on any atom is 0.324 e. The third-order valence-corrected chi connectivity index (χ3v) is 5.14. The Morgan fingerprint density at radius 1 is 1.22 bits per heavy atom. The van der Waals surface area contributed by atoms with Crippen molar-refractivity contribution in [2.24, 2.45) is 17.8 Å². The predicted molar refractivity (Wildman–Crippen MR) is 79.2 cm³/mol. The summed E-state index contributed by atoms with van der Waals surface area (Å²) >= 11 is 0. The Labute approximate surface area is 134 Å². The van der Waals surface area contributed by atoms with Gasteiger partial charge in [0.05, 0.1) is 5.92 Å². The lowest BCUT2D eigenvalue weighted by molar-refractivity contribution is -0.164. The normalized spacial score (nSPS) is 31.5. The number of ketones is 1. The Bertz CT molecular complexity index is 531. The molecule has 1 saturated heterocycles. The summed E-state index contributed by atoms with van der Waals surface area (Å²) in [7, 11) is 0. The molecule has 2 bridgehead atoms. The first-order valence-corrected chi connectivity index (χ1v) is 8.30. The maximum absolute atomic E-state index is 12.3. The quantitative estimate of drug-likeness (QED) is 0.778. The SMILES string of the molecule is C[C@@H](OC(=O)C1C[C@H]2CCC[C@@H](C1)C2=O)C(=O)N1CCNC1=O. The number of hydrogen-bond donors (Lipinski definition) is 1. The van der Waals surface area contributed by atoms with E-state index in [1.54, 1.807) is 0 Å². The van der Waals surface area contributed by atoms with Crippen LogP contribution < -0.4 is 5.32 Å². The minimum atomic E-state index is -0.983. The molecule has 4 atom stereocenters. The number of amides is 3. The maximum atomic E-state index is 12.3. The number of Topliss-reactive ketones (excluding diaryl/α,β-unsaturated/α-hetero) is 1. The average Bonchev–Trinajstić information content (AvgIpc) is 2.92. The highest BCUT2D eigenvalue weighted by atomic mass is 16.5. The molecule has 7 nitrogen and oxygen atoms in total. The van der Waals surface area contributed by atoms with E-state index in [1.807, 2.05) is 0 Å². The number of fused-ring (bicyclic) bond motifs is 2. The smallest absolute Gasteiger partial charge is 0.324 e. The molecule has 0 aromatic rings. The number of nitrogens with zero attached hydrogens (tertiary/aromatic N) is 1. The fraction of sp³-hybridized carbons (Fsp3) is 0.750. The van der Waals surface area contributed by atoms with Gasteiger partial charge in [-0.1, -0.05) is 6.42 Å². The molecule has 2 aliphatic carbocycles. The number of carbonyl (C=O) groups excluding carboxylic acids is 4.